The zero-order chi connectivity index (χ0) is 24.6. The lowest BCUT2D eigenvalue weighted by Crippen LogP contribution is -2.56. The summed E-state index contributed by atoms with van der Waals surface area (Å²) < 4.78 is 5.61. The molecule has 0 spiro atoms. The van der Waals surface area contributed by atoms with Crippen LogP contribution in [0.2, 0.25) is 10.0 Å². The van der Waals surface area contributed by atoms with E-state index in [1.165, 1.54) is 31.5 Å². The van der Waals surface area contributed by atoms with Crippen molar-refractivity contribution in [3.05, 3.63) is 63.6 Å². The molecule has 3 fully saturated rings. The van der Waals surface area contributed by atoms with Crippen molar-refractivity contribution < 1.29 is 9.53 Å². The molecule has 0 unspecified atom stereocenters. The highest BCUT2D eigenvalue weighted by Crippen LogP contribution is 2.51. The lowest BCUT2D eigenvalue weighted by molar-refractivity contribution is -0.133. The first-order chi connectivity index (χ1) is 16.9. The summed E-state index contributed by atoms with van der Waals surface area (Å²) in [5.41, 5.74) is 2.36. The van der Waals surface area contributed by atoms with Crippen LogP contribution in [0.4, 0.5) is 0 Å². The van der Waals surface area contributed by atoms with E-state index in [0.29, 0.717) is 22.4 Å². The Morgan fingerprint density at radius 1 is 1.11 bits per heavy atom. The van der Waals surface area contributed by atoms with Gasteiger partial charge in [0.1, 0.15) is 5.75 Å². The Morgan fingerprint density at radius 3 is 2.69 bits per heavy atom. The van der Waals surface area contributed by atoms with Crippen LogP contribution in [0.15, 0.2) is 42.5 Å². The second-order valence-electron chi connectivity index (χ2n) is 10.9. The number of nitrogens with zero attached hydrogens (tertiary/aromatic N) is 2. The fraction of sp³-hybridized carbons (Fsp3) is 0.552. The zero-order valence-electron chi connectivity index (χ0n) is 20.8. The molecule has 0 N–H and O–H groups in total. The van der Waals surface area contributed by atoms with Gasteiger partial charge >= 0.3 is 0 Å². The molecule has 6 heteroatoms. The van der Waals surface area contributed by atoms with Crippen LogP contribution in [0.3, 0.4) is 0 Å². The number of likely N-dealkylation sites (N-methyl/N-ethyl adjacent to an activating group) is 1. The van der Waals surface area contributed by atoms with Gasteiger partial charge in [-0.3, -0.25) is 4.79 Å². The molecule has 1 saturated heterocycles. The van der Waals surface area contributed by atoms with Gasteiger partial charge in [0.15, 0.2) is 0 Å². The van der Waals surface area contributed by atoms with E-state index in [2.05, 4.69) is 23.1 Å². The molecule has 4 nitrogen and oxygen atoms in total. The zero-order valence-corrected chi connectivity index (χ0v) is 22.3. The number of fused-ring (bicyclic) bond motifs is 1. The first-order valence-electron chi connectivity index (χ1n) is 12.9. The molecule has 1 heterocycles. The van der Waals surface area contributed by atoms with E-state index in [0.717, 1.165) is 49.5 Å². The van der Waals surface area contributed by atoms with E-state index in [-0.39, 0.29) is 17.4 Å². The highest BCUT2D eigenvalue weighted by molar-refractivity contribution is 6.42. The molecule has 188 valence electrons. The van der Waals surface area contributed by atoms with Crippen molar-refractivity contribution in [2.45, 2.75) is 56.4 Å². The highest BCUT2D eigenvalue weighted by Gasteiger charge is 2.49. The number of methoxy groups -OCH3 is 1. The third kappa shape index (κ3) is 5.35. The molecule has 2 saturated carbocycles. The van der Waals surface area contributed by atoms with Crippen molar-refractivity contribution in [2.24, 2.45) is 11.8 Å². The van der Waals surface area contributed by atoms with E-state index in [1.54, 1.807) is 19.2 Å². The quantitative estimate of drug-likeness (QED) is 0.439. The van der Waals surface area contributed by atoms with Gasteiger partial charge in [0.25, 0.3) is 0 Å². The third-order valence-corrected chi connectivity index (χ3v) is 9.46. The molecular weight excluding hydrogens is 479 g/mol. The number of halogens is 2. The van der Waals surface area contributed by atoms with Crippen LogP contribution in [0.25, 0.3) is 0 Å². The number of ether oxygens (including phenoxy) is 1. The van der Waals surface area contributed by atoms with Gasteiger partial charge in [-0.1, -0.05) is 41.4 Å². The Labute approximate surface area is 219 Å². The number of hydrogen-bond donors (Lipinski definition) is 0. The van der Waals surface area contributed by atoms with Crippen LogP contribution in [0.1, 0.15) is 49.7 Å². The Morgan fingerprint density at radius 2 is 1.94 bits per heavy atom. The molecule has 3 atom stereocenters. The maximum Gasteiger partial charge on any atom is 0.226 e. The topological polar surface area (TPSA) is 32.8 Å². The molecule has 0 aromatic heterocycles. The van der Waals surface area contributed by atoms with Crippen LogP contribution < -0.4 is 4.74 Å². The second kappa shape index (κ2) is 10.3. The van der Waals surface area contributed by atoms with Gasteiger partial charge in [0.2, 0.25) is 5.91 Å². The monoisotopic (exact) mass is 514 g/mol. The molecule has 1 aliphatic heterocycles. The maximum atomic E-state index is 13.3. The van der Waals surface area contributed by atoms with Gasteiger partial charge in [-0.2, -0.15) is 0 Å². The van der Waals surface area contributed by atoms with Gasteiger partial charge in [-0.15, -0.1) is 0 Å². The number of rotatable bonds is 7. The number of benzene rings is 2. The average molecular weight is 516 g/mol. The van der Waals surface area contributed by atoms with Crippen LogP contribution in [-0.4, -0.2) is 55.5 Å². The molecule has 3 aliphatic rings. The lowest BCUT2D eigenvalue weighted by Gasteiger charge is -2.54. The Balaban J connectivity index is 1.36. The predicted octanol–water partition coefficient (Wildman–Crippen LogP) is 6.23. The lowest BCUT2D eigenvalue weighted by atomic mass is 9.57. The van der Waals surface area contributed by atoms with Crippen molar-refractivity contribution in [3.8, 4) is 5.75 Å². The van der Waals surface area contributed by atoms with Crippen LogP contribution in [0.5, 0.6) is 5.75 Å². The van der Waals surface area contributed by atoms with Gasteiger partial charge in [0.05, 0.1) is 23.6 Å². The fourth-order valence-electron chi connectivity index (χ4n) is 6.44. The number of hydrogen-bond acceptors (Lipinski definition) is 3. The van der Waals surface area contributed by atoms with E-state index in [9.17, 15) is 4.79 Å². The Bertz CT molecular complexity index is 1070. The molecule has 5 rings (SSSR count). The second-order valence-corrected chi connectivity index (χ2v) is 11.7. The van der Waals surface area contributed by atoms with E-state index in [1.807, 2.05) is 24.1 Å². The summed E-state index contributed by atoms with van der Waals surface area (Å²) in [5.74, 6) is 2.58. The van der Waals surface area contributed by atoms with Crippen LogP contribution in [0, 0.1) is 11.8 Å². The highest BCUT2D eigenvalue weighted by atomic mass is 35.5. The number of likely N-dealkylation sites (tertiary alicyclic amines) is 1. The summed E-state index contributed by atoms with van der Waals surface area (Å²) in [5, 5.41) is 1.01. The molecule has 0 bridgehead atoms. The minimum absolute atomic E-state index is 0.0790. The van der Waals surface area contributed by atoms with Crippen molar-refractivity contribution in [3.63, 3.8) is 0 Å². The number of carbonyl (C=O) groups excluding carboxylic acids is 1. The van der Waals surface area contributed by atoms with Crippen molar-refractivity contribution in [2.75, 3.05) is 33.8 Å². The Kier molecular flexibility index (Phi) is 7.35. The Hall–Kier alpha value is -1.75. The van der Waals surface area contributed by atoms with Gasteiger partial charge < -0.3 is 14.5 Å². The van der Waals surface area contributed by atoms with Gasteiger partial charge in [-0.25, -0.2) is 0 Å². The van der Waals surface area contributed by atoms with Gasteiger partial charge in [0, 0.05) is 31.6 Å². The predicted molar refractivity (Wildman–Crippen MR) is 143 cm³/mol. The third-order valence-electron chi connectivity index (χ3n) is 8.72. The van der Waals surface area contributed by atoms with Crippen LogP contribution >= 0.6 is 23.2 Å². The fourth-order valence-corrected chi connectivity index (χ4v) is 6.76. The molecule has 2 aromatic carbocycles. The minimum atomic E-state index is 0.0790. The molecule has 2 aliphatic carbocycles. The van der Waals surface area contributed by atoms with E-state index < -0.39 is 0 Å². The molecular formula is C29H36Cl2N2O2. The number of amides is 1. The molecule has 35 heavy (non-hydrogen) atoms. The van der Waals surface area contributed by atoms with Crippen LogP contribution in [-0.2, 0) is 16.6 Å². The molecule has 1 amide bonds. The van der Waals surface area contributed by atoms with E-state index >= 15 is 0 Å². The summed E-state index contributed by atoms with van der Waals surface area (Å²) in [6, 6.07) is 14.4. The smallest absolute Gasteiger partial charge is 0.226 e. The first kappa shape index (κ1) is 24.9. The SMILES string of the molecule is COc1cccc([C@@]23CCN(CC4CC4)C[C@H]2CC[C@@H](N(C)C(=O)Cc2ccc(Cl)c(Cl)c2)C3)c1. The average Bonchev–Trinajstić information content (AvgIpc) is 3.69. The summed E-state index contributed by atoms with van der Waals surface area (Å²) in [4.78, 5) is 18.0. The number of piperidine rings is 1. The first-order valence-corrected chi connectivity index (χ1v) is 13.7. The minimum Gasteiger partial charge on any atom is -0.497 e. The normalized spacial score (nSPS) is 26.7. The summed E-state index contributed by atoms with van der Waals surface area (Å²) >= 11 is 12.3. The maximum absolute atomic E-state index is 13.3. The largest absolute Gasteiger partial charge is 0.497 e. The van der Waals surface area contributed by atoms with E-state index in [4.69, 9.17) is 27.9 Å². The summed E-state index contributed by atoms with van der Waals surface area (Å²) in [6.45, 7) is 3.56. The van der Waals surface area contributed by atoms with Crippen molar-refractivity contribution >= 4 is 29.1 Å². The van der Waals surface area contributed by atoms with Crippen molar-refractivity contribution in [1.29, 1.82) is 0 Å². The number of carbonyl (C=O) groups is 1. The van der Waals surface area contributed by atoms with Crippen molar-refractivity contribution in [1.82, 2.24) is 9.80 Å². The molecule has 2 aromatic rings. The molecule has 0 radical (unpaired) electrons. The standard InChI is InChI=1S/C29H36Cl2N2O2/c1-32(28(34)15-21-8-11-26(30)27(31)14-21)24-10-9-23-19-33(18-20-6-7-20)13-12-29(23,17-24)22-4-3-5-25(16-22)35-2/h3-5,8,11,14,16,20,23-24H,6-7,9-10,12-13,15,17-19H2,1-2H3/t23-,24-,29+/m1/s1. The summed E-state index contributed by atoms with van der Waals surface area (Å²) in [7, 11) is 3.72. The van der Waals surface area contributed by atoms with Gasteiger partial charge in [-0.05, 0) is 92.3 Å². The summed E-state index contributed by atoms with van der Waals surface area (Å²) in [6.07, 6.45) is 7.49.